The number of sulfonamides is 1. The molecule has 9 heteroatoms. The Morgan fingerprint density at radius 2 is 1.97 bits per heavy atom. The Morgan fingerprint density at radius 3 is 2.69 bits per heavy atom. The lowest BCUT2D eigenvalue weighted by atomic mass is 10.2. The van der Waals surface area contributed by atoms with E-state index in [9.17, 15) is 13.2 Å². The highest BCUT2D eigenvalue weighted by Crippen LogP contribution is 2.24. The molecule has 0 bridgehead atoms. The number of benzene rings is 1. The number of methoxy groups -OCH3 is 1. The fourth-order valence-corrected chi connectivity index (χ4v) is 3.79. The SMILES string of the molecule is COc1cnc(OCC(C)C)c(C(=O)NS(=O)(=O)c2cccc3ncccc23)c1. The first-order chi connectivity index (χ1) is 13.8. The Labute approximate surface area is 168 Å². The molecule has 1 amide bonds. The van der Waals surface area contributed by atoms with Crippen molar-refractivity contribution in [3.8, 4) is 11.6 Å². The minimum absolute atomic E-state index is 0.0341. The van der Waals surface area contributed by atoms with Crippen LogP contribution in [0.2, 0.25) is 0 Å². The molecule has 0 unspecified atom stereocenters. The van der Waals surface area contributed by atoms with E-state index in [-0.39, 0.29) is 22.3 Å². The third kappa shape index (κ3) is 4.62. The first-order valence-corrected chi connectivity index (χ1v) is 10.4. The highest BCUT2D eigenvalue weighted by molar-refractivity contribution is 7.90. The van der Waals surface area contributed by atoms with Crippen LogP contribution in [-0.4, -0.2) is 38.0 Å². The summed E-state index contributed by atoms with van der Waals surface area (Å²) in [5, 5.41) is 0.412. The number of carbonyl (C=O) groups is 1. The Morgan fingerprint density at radius 1 is 1.17 bits per heavy atom. The van der Waals surface area contributed by atoms with Crippen LogP contribution < -0.4 is 14.2 Å². The summed E-state index contributed by atoms with van der Waals surface area (Å²) in [5.74, 6) is -0.330. The van der Waals surface area contributed by atoms with Gasteiger partial charge in [0.15, 0.2) is 0 Å². The Bertz CT molecular complexity index is 1140. The van der Waals surface area contributed by atoms with Crippen LogP contribution in [0.25, 0.3) is 10.9 Å². The van der Waals surface area contributed by atoms with Gasteiger partial charge in [-0.3, -0.25) is 9.78 Å². The summed E-state index contributed by atoms with van der Waals surface area (Å²) in [5.41, 5.74) is 0.471. The summed E-state index contributed by atoms with van der Waals surface area (Å²) in [6.45, 7) is 4.21. The van der Waals surface area contributed by atoms with Gasteiger partial charge in [0.2, 0.25) is 5.88 Å². The minimum Gasteiger partial charge on any atom is -0.495 e. The van der Waals surface area contributed by atoms with E-state index in [0.717, 1.165) is 0 Å². The topological polar surface area (TPSA) is 107 Å². The van der Waals surface area contributed by atoms with Gasteiger partial charge in [-0.05, 0) is 36.2 Å². The van der Waals surface area contributed by atoms with Crippen LogP contribution in [-0.2, 0) is 10.0 Å². The molecule has 2 aromatic heterocycles. The number of carbonyl (C=O) groups excluding carboxylic acids is 1. The standard InChI is InChI=1S/C20H21N3O5S/c1-13(2)12-28-20-16(10-14(27-3)11-22-20)19(24)23-29(25,26)18-8-4-7-17-15(18)6-5-9-21-17/h4-11,13H,12H2,1-3H3,(H,23,24). The molecule has 0 radical (unpaired) electrons. The number of nitrogens with one attached hydrogen (secondary N) is 1. The quantitative estimate of drug-likeness (QED) is 0.632. The van der Waals surface area contributed by atoms with Crippen LogP contribution in [0.15, 0.2) is 53.7 Å². The van der Waals surface area contributed by atoms with Crippen molar-refractivity contribution < 1.29 is 22.7 Å². The maximum Gasteiger partial charge on any atom is 0.270 e. The lowest BCUT2D eigenvalue weighted by Crippen LogP contribution is -2.31. The Balaban J connectivity index is 1.96. The van der Waals surface area contributed by atoms with Crippen LogP contribution in [0.3, 0.4) is 0 Å². The second-order valence-electron chi connectivity index (χ2n) is 6.69. The molecular formula is C20H21N3O5S. The summed E-state index contributed by atoms with van der Waals surface area (Å²) in [6, 6.07) is 9.33. The van der Waals surface area contributed by atoms with E-state index < -0.39 is 15.9 Å². The smallest absolute Gasteiger partial charge is 0.270 e. The van der Waals surface area contributed by atoms with Gasteiger partial charge in [-0.25, -0.2) is 18.1 Å². The zero-order chi connectivity index (χ0) is 21.0. The normalized spacial score (nSPS) is 11.4. The predicted molar refractivity (Wildman–Crippen MR) is 108 cm³/mol. The maximum atomic E-state index is 12.9. The molecule has 0 saturated heterocycles. The number of pyridine rings is 2. The van der Waals surface area contributed by atoms with Gasteiger partial charge in [0.05, 0.1) is 30.3 Å². The fraction of sp³-hybridized carbons (Fsp3) is 0.250. The molecule has 0 atom stereocenters. The van der Waals surface area contributed by atoms with Crippen molar-refractivity contribution in [2.24, 2.45) is 5.92 Å². The van der Waals surface area contributed by atoms with Gasteiger partial charge in [-0.2, -0.15) is 0 Å². The summed E-state index contributed by atoms with van der Waals surface area (Å²) in [4.78, 5) is 21.0. The second-order valence-corrected chi connectivity index (χ2v) is 8.34. The van der Waals surface area contributed by atoms with Crippen molar-refractivity contribution in [1.82, 2.24) is 14.7 Å². The number of hydrogen-bond acceptors (Lipinski definition) is 7. The molecule has 0 aliphatic heterocycles. The number of fused-ring (bicyclic) bond motifs is 1. The van der Waals surface area contributed by atoms with Gasteiger partial charge in [0.25, 0.3) is 15.9 Å². The van der Waals surface area contributed by atoms with Crippen LogP contribution >= 0.6 is 0 Å². The summed E-state index contributed by atoms with van der Waals surface area (Å²) in [6.07, 6.45) is 2.97. The molecule has 0 aliphatic carbocycles. The van der Waals surface area contributed by atoms with E-state index in [1.54, 1.807) is 30.5 Å². The number of rotatable bonds is 7. The zero-order valence-electron chi connectivity index (χ0n) is 16.2. The highest BCUT2D eigenvalue weighted by Gasteiger charge is 2.24. The average Bonchev–Trinajstić information content (AvgIpc) is 2.71. The molecular weight excluding hydrogens is 394 g/mol. The van der Waals surface area contributed by atoms with Crippen molar-refractivity contribution in [3.05, 3.63) is 54.4 Å². The van der Waals surface area contributed by atoms with Crippen molar-refractivity contribution in [1.29, 1.82) is 0 Å². The van der Waals surface area contributed by atoms with Crippen LogP contribution in [0.4, 0.5) is 0 Å². The van der Waals surface area contributed by atoms with E-state index in [1.807, 2.05) is 13.8 Å². The number of aromatic nitrogens is 2. The lowest BCUT2D eigenvalue weighted by Gasteiger charge is -2.14. The molecule has 1 N–H and O–H groups in total. The third-order valence-electron chi connectivity index (χ3n) is 3.98. The molecule has 0 spiro atoms. The number of amides is 1. The number of nitrogens with zero attached hydrogens (tertiary/aromatic N) is 2. The minimum atomic E-state index is -4.17. The fourth-order valence-electron chi connectivity index (χ4n) is 2.61. The Hall–Kier alpha value is -3.20. The monoisotopic (exact) mass is 415 g/mol. The van der Waals surface area contributed by atoms with Gasteiger partial charge < -0.3 is 9.47 Å². The second kappa shape index (κ2) is 8.44. The van der Waals surface area contributed by atoms with Crippen LogP contribution in [0, 0.1) is 5.92 Å². The molecule has 0 aliphatic rings. The van der Waals surface area contributed by atoms with E-state index in [4.69, 9.17) is 9.47 Å². The van der Waals surface area contributed by atoms with E-state index in [1.165, 1.54) is 25.4 Å². The van der Waals surface area contributed by atoms with Crippen molar-refractivity contribution in [2.75, 3.05) is 13.7 Å². The van der Waals surface area contributed by atoms with E-state index in [0.29, 0.717) is 23.3 Å². The largest absolute Gasteiger partial charge is 0.495 e. The summed E-state index contributed by atoms with van der Waals surface area (Å²) < 4.78 is 38.6. The highest BCUT2D eigenvalue weighted by atomic mass is 32.2. The van der Waals surface area contributed by atoms with Crippen LogP contribution in [0.1, 0.15) is 24.2 Å². The van der Waals surface area contributed by atoms with Gasteiger partial charge in [0.1, 0.15) is 11.3 Å². The van der Waals surface area contributed by atoms with Crippen molar-refractivity contribution >= 4 is 26.8 Å². The average molecular weight is 415 g/mol. The van der Waals surface area contributed by atoms with Crippen LogP contribution in [0.5, 0.6) is 11.6 Å². The molecule has 152 valence electrons. The van der Waals surface area contributed by atoms with Gasteiger partial charge >= 0.3 is 0 Å². The predicted octanol–water partition coefficient (Wildman–Crippen LogP) is 2.79. The maximum absolute atomic E-state index is 12.9. The number of hydrogen-bond donors (Lipinski definition) is 1. The van der Waals surface area contributed by atoms with Crippen molar-refractivity contribution in [2.45, 2.75) is 18.7 Å². The molecule has 8 nitrogen and oxygen atoms in total. The Kier molecular flexibility index (Phi) is 5.97. The third-order valence-corrected chi connectivity index (χ3v) is 5.37. The first-order valence-electron chi connectivity index (χ1n) is 8.89. The number of ether oxygens (including phenoxy) is 2. The van der Waals surface area contributed by atoms with Crippen molar-refractivity contribution in [3.63, 3.8) is 0 Å². The van der Waals surface area contributed by atoms with E-state index in [2.05, 4.69) is 14.7 Å². The van der Waals surface area contributed by atoms with Gasteiger partial charge in [-0.15, -0.1) is 0 Å². The summed E-state index contributed by atoms with van der Waals surface area (Å²) >= 11 is 0. The molecule has 3 aromatic rings. The molecule has 2 heterocycles. The van der Waals surface area contributed by atoms with E-state index >= 15 is 0 Å². The lowest BCUT2D eigenvalue weighted by molar-refractivity contribution is 0.0975. The first kappa shape index (κ1) is 20.5. The molecule has 0 fully saturated rings. The molecule has 1 aromatic carbocycles. The van der Waals surface area contributed by atoms with Gasteiger partial charge in [-0.1, -0.05) is 19.9 Å². The molecule has 0 saturated carbocycles. The molecule has 3 rings (SSSR count). The van der Waals surface area contributed by atoms with Gasteiger partial charge in [0, 0.05) is 11.6 Å². The zero-order valence-corrected chi connectivity index (χ0v) is 17.1. The molecule has 29 heavy (non-hydrogen) atoms. The summed E-state index contributed by atoms with van der Waals surface area (Å²) in [7, 11) is -2.74.